The normalized spacial score (nSPS) is 15.7. The summed E-state index contributed by atoms with van der Waals surface area (Å²) in [4.78, 5) is 17.1. The highest BCUT2D eigenvalue weighted by Gasteiger charge is 2.17. The van der Waals surface area contributed by atoms with Gasteiger partial charge in [-0.2, -0.15) is 9.97 Å². The van der Waals surface area contributed by atoms with E-state index in [0.29, 0.717) is 0 Å². The molecule has 1 fully saturated rings. The standard InChI is InChI=1S/C15H24N6O/c1-11-10-12-13(16-4-5-20(2)3)18-15(19-14(12)17-11)21-6-8-22-9-7-21/h10H,4-9H2,1-3H3,(H2,16,17,18,19). The molecule has 2 N–H and O–H groups in total. The summed E-state index contributed by atoms with van der Waals surface area (Å²) in [5, 5.41) is 4.49. The predicted molar refractivity (Wildman–Crippen MR) is 88.7 cm³/mol. The largest absolute Gasteiger partial charge is 0.378 e. The zero-order valence-corrected chi connectivity index (χ0v) is 13.5. The first-order valence-electron chi connectivity index (χ1n) is 7.72. The Morgan fingerprint density at radius 1 is 1.32 bits per heavy atom. The summed E-state index contributed by atoms with van der Waals surface area (Å²) in [6, 6.07) is 2.09. The summed E-state index contributed by atoms with van der Waals surface area (Å²) < 4.78 is 5.41. The van der Waals surface area contributed by atoms with Crippen molar-refractivity contribution in [3.63, 3.8) is 0 Å². The van der Waals surface area contributed by atoms with E-state index in [2.05, 4.69) is 45.2 Å². The molecular weight excluding hydrogens is 280 g/mol. The van der Waals surface area contributed by atoms with E-state index in [1.54, 1.807) is 0 Å². The number of aryl methyl sites for hydroxylation is 1. The Labute approximate surface area is 130 Å². The van der Waals surface area contributed by atoms with Crippen molar-refractivity contribution in [3.8, 4) is 0 Å². The van der Waals surface area contributed by atoms with E-state index < -0.39 is 0 Å². The molecule has 1 saturated heterocycles. The number of likely N-dealkylation sites (N-methyl/N-ethyl adjacent to an activating group) is 1. The van der Waals surface area contributed by atoms with Gasteiger partial charge < -0.3 is 24.8 Å². The second kappa shape index (κ2) is 6.50. The molecule has 0 radical (unpaired) electrons. The molecule has 1 aliphatic heterocycles. The van der Waals surface area contributed by atoms with Crippen molar-refractivity contribution >= 4 is 22.8 Å². The van der Waals surface area contributed by atoms with Crippen molar-refractivity contribution < 1.29 is 4.74 Å². The van der Waals surface area contributed by atoms with Gasteiger partial charge in [0.15, 0.2) is 0 Å². The van der Waals surface area contributed by atoms with Crippen LogP contribution in [0.5, 0.6) is 0 Å². The van der Waals surface area contributed by atoms with Crippen molar-refractivity contribution in [1.82, 2.24) is 19.9 Å². The molecule has 3 heterocycles. The second-order valence-electron chi connectivity index (χ2n) is 5.92. The Morgan fingerprint density at radius 3 is 2.82 bits per heavy atom. The molecule has 0 unspecified atom stereocenters. The molecule has 22 heavy (non-hydrogen) atoms. The van der Waals surface area contributed by atoms with Crippen LogP contribution in [-0.4, -0.2) is 73.3 Å². The van der Waals surface area contributed by atoms with Crippen LogP contribution < -0.4 is 10.2 Å². The van der Waals surface area contributed by atoms with Crippen molar-refractivity contribution in [1.29, 1.82) is 0 Å². The number of hydrogen-bond donors (Lipinski definition) is 2. The number of nitrogens with zero attached hydrogens (tertiary/aromatic N) is 4. The number of aromatic amines is 1. The summed E-state index contributed by atoms with van der Waals surface area (Å²) in [5.41, 5.74) is 1.99. The molecule has 120 valence electrons. The number of anilines is 2. The lowest BCUT2D eigenvalue weighted by molar-refractivity contribution is 0.122. The number of aromatic nitrogens is 3. The van der Waals surface area contributed by atoms with Crippen molar-refractivity contribution in [2.45, 2.75) is 6.92 Å². The van der Waals surface area contributed by atoms with Gasteiger partial charge in [-0.25, -0.2) is 0 Å². The van der Waals surface area contributed by atoms with Gasteiger partial charge in [0.1, 0.15) is 11.5 Å². The Bertz CT molecular complexity index is 632. The van der Waals surface area contributed by atoms with Crippen LogP contribution >= 0.6 is 0 Å². The van der Waals surface area contributed by atoms with Gasteiger partial charge in [0.2, 0.25) is 5.95 Å². The van der Waals surface area contributed by atoms with Crippen LogP contribution in [0.25, 0.3) is 11.0 Å². The smallest absolute Gasteiger partial charge is 0.229 e. The lowest BCUT2D eigenvalue weighted by Crippen LogP contribution is -2.37. The molecule has 2 aromatic rings. The lowest BCUT2D eigenvalue weighted by Gasteiger charge is -2.27. The van der Waals surface area contributed by atoms with Crippen molar-refractivity contribution in [2.24, 2.45) is 0 Å². The fourth-order valence-corrected chi connectivity index (χ4v) is 2.57. The van der Waals surface area contributed by atoms with Crippen LogP contribution in [0, 0.1) is 6.92 Å². The second-order valence-corrected chi connectivity index (χ2v) is 5.92. The molecular formula is C15H24N6O. The number of morpholine rings is 1. The minimum Gasteiger partial charge on any atom is -0.378 e. The maximum absolute atomic E-state index is 5.41. The third kappa shape index (κ3) is 3.31. The monoisotopic (exact) mass is 304 g/mol. The third-order valence-corrected chi connectivity index (χ3v) is 3.76. The molecule has 7 heteroatoms. The fourth-order valence-electron chi connectivity index (χ4n) is 2.57. The van der Waals surface area contributed by atoms with E-state index in [-0.39, 0.29) is 0 Å². The Morgan fingerprint density at radius 2 is 2.09 bits per heavy atom. The van der Waals surface area contributed by atoms with Gasteiger partial charge in [-0.1, -0.05) is 0 Å². The molecule has 3 rings (SSSR count). The quantitative estimate of drug-likeness (QED) is 0.861. The summed E-state index contributed by atoms with van der Waals surface area (Å²) in [6.07, 6.45) is 0. The molecule has 0 aromatic carbocycles. The van der Waals surface area contributed by atoms with Gasteiger partial charge in [-0.05, 0) is 27.1 Å². The van der Waals surface area contributed by atoms with Gasteiger partial charge in [-0.3, -0.25) is 0 Å². The minimum absolute atomic E-state index is 0.731. The Balaban J connectivity index is 1.89. The van der Waals surface area contributed by atoms with E-state index in [1.807, 2.05) is 6.92 Å². The molecule has 0 aliphatic carbocycles. The van der Waals surface area contributed by atoms with Crippen LogP contribution in [0.3, 0.4) is 0 Å². The number of H-pyrrole nitrogens is 1. The van der Waals surface area contributed by atoms with Gasteiger partial charge in [0, 0.05) is 31.9 Å². The van der Waals surface area contributed by atoms with E-state index in [0.717, 1.165) is 67.9 Å². The molecule has 2 aromatic heterocycles. The first-order valence-corrected chi connectivity index (χ1v) is 7.72. The first-order chi connectivity index (χ1) is 10.6. The molecule has 0 saturated carbocycles. The molecule has 0 amide bonds. The van der Waals surface area contributed by atoms with E-state index in [1.165, 1.54) is 0 Å². The summed E-state index contributed by atoms with van der Waals surface area (Å²) >= 11 is 0. The molecule has 0 bridgehead atoms. The van der Waals surface area contributed by atoms with Crippen LogP contribution in [-0.2, 0) is 4.74 Å². The van der Waals surface area contributed by atoms with Crippen LogP contribution in [0.4, 0.5) is 11.8 Å². The third-order valence-electron chi connectivity index (χ3n) is 3.76. The SMILES string of the molecule is Cc1cc2c(NCCN(C)C)nc(N3CCOCC3)nc2[nH]1. The lowest BCUT2D eigenvalue weighted by atomic mass is 10.3. The van der Waals surface area contributed by atoms with E-state index in [4.69, 9.17) is 9.72 Å². The number of ether oxygens (including phenoxy) is 1. The zero-order chi connectivity index (χ0) is 15.5. The average molecular weight is 304 g/mol. The molecule has 0 spiro atoms. The van der Waals surface area contributed by atoms with E-state index in [9.17, 15) is 0 Å². The number of fused-ring (bicyclic) bond motifs is 1. The van der Waals surface area contributed by atoms with E-state index >= 15 is 0 Å². The summed E-state index contributed by atoms with van der Waals surface area (Å²) in [6.45, 7) is 6.99. The van der Waals surface area contributed by atoms with Crippen LogP contribution in [0.2, 0.25) is 0 Å². The topological polar surface area (TPSA) is 69.3 Å². The highest BCUT2D eigenvalue weighted by molar-refractivity contribution is 5.89. The maximum atomic E-state index is 5.41. The molecule has 0 atom stereocenters. The number of nitrogens with one attached hydrogen (secondary N) is 2. The summed E-state index contributed by atoms with van der Waals surface area (Å²) in [5.74, 6) is 1.67. The predicted octanol–water partition coefficient (Wildman–Crippen LogP) is 1.08. The number of hydrogen-bond acceptors (Lipinski definition) is 6. The Kier molecular flexibility index (Phi) is 4.44. The van der Waals surface area contributed by atoms with Crippen molar-refractivity contribution in [2.75, 3.05) is 63.7 Å². The van der Waals surface area contributed by atoms with Gasteiger partial charge in [0.25, 0.3) is 0 Å². The highest BCUT2D eigenvalue weighted by Crippen LogP contribution is 2.24. The van der Waals surface area contributed by atoms with Crippen LogP contribution in [0.15, 0.2) is 6.07 Å². The fraction of sp³-hybridized carbons (Fsp3) is 0.600. The van der Waals surface area contributed by atoms with Crippen molar-refractivity contribution in [3.05, 3.63) is 11.8 Å². The van der Waals surface area contributed by atoms with Gasteiger partial charge in [-0.15, -0.1) is 0 Å². The maximum Gasteiger partial charge on any atom is 0.229 e. The average Bonchev–Trinajstić information content (AvgIpc) is 2.88. The van der Waals surface area contributed by atoms with Gasteiger partial charge in [0.05, 0.1) is 18.6 Å². The summed E-state index contributed by atoms with van der Waals surface area (Å²) in [7, 11) is 4.13. The Hall–Kier alpha value is -1.86. The molecule has 1 aliphatic rings. The molecule has 7 nitrogen and oxygen atoms in total. The number of rotatable bonds is 5. The minimum atomic E-state index is 0.731. The zero-order valence-electron chi connectivity index (χ0n) is 13.5. The highest BCUT2D eigenvalue weighted by atomic mass is 16.5. The van der Waals surface area contributed by atoms with Crippen LogP contribution in [0.1, 0.15) is 5.69 Å². The first kappa shape index (κ1) is 15.1. The van der Waals surface area contributed by atoms with Gasteiger partial charge >= 0.3 is 0 Å².